The van der Waals surface area contributed by atoms with Crippen LogP contribution in [-0.2, 0) is 0 Å². The van der Waals surface area contributed by atoms with Crippen LogP contribution >= 0.6 is 11.6 Å². The summed E-state index contributed by atoms with van der Waals surface area (Å²) in [6.07, 6.45) is 3.51. The Morgan fingerprint density at radius 1 is 1.14 bits per heavy atom. The molecular weight excluding hydrogens is 383 g/mol. The van der Waals surface area contributed by atoms with Gasteiger partial charge in [0, 0.05) is 56.4 Å². The molecule has 144 valence electrons. The van der Waals surface area contributed by atoms with Gasteiger partial charge in [-0.15, -0.1) is 10.2 Å². The molecule has 0 aliphatic carbocycles. The Morgan fingerprint density at radius 3 is 2.79 bits per heavy atom. The van der Waals surface area contributed by atoms with E-state index in [1.165, 1.54) is 6.07 Å². The van der Waals surface area contributed by atoms with Crippen molar-refractivity contribution < 1.29 is 4.39 Å². The summed E-state index contributed by atoms with van der Waals surface area (Å²) in [6, 6.07) is 5.24. The van der Waals surface area contributed by atoms with Crippen molar-refractivity contribution in [2.75, 3.05) is 36.4 Å². The zero-order valence-electron chi connectivity index (χ0n) is 15.2. The van der Waals surface area contributed by atoms with Crippen molar-refractivity contribution >= 4 is 40.2 Å². The average Bonchev–Trinajstić information content (AvgIpc) is 3.26. The van der Waals surface area contributed by atoms with Crippen molar-refractivity contribution in [2.45, 2.75) is 6.92 Å². The standard InChI is InChI=1S/C18H18ClFN8/c1-11-9-27-10-12(6-14(20)17(27)22-11)23-18-25-24-16-8-13(7-15(19)28(16)18)26-4-2-21-3-5-26/h6-10,21H,2-5H2,1H3,(H,23,25). The molecule has 5 heterocycles. The summed E-state index contributed by atoms with van der Waals surface area (Å²) in [4.78, 5) is 6.42. The minimum absolute atomic E-state index is 0.285. The van der Waals surface area contributed by atoms with E-state index in [2.05, 4.69) is 30.7 Å². The summed E-state index contributed by atoms with van der Waals surface area (Å²) in [5, 5.41) is 15.3. The minimum Gasteiger partial charge on any atom is -0.369 e. The van der Waals surface area contributed by atoms with E-state index in [-0.39, 0.29) is 5.65 Å². The van der Waals surface area contributed by atoms with Gasteiger partial charge in [0.2, 0.25) is 5.95 Å². The van der Waals surface area contributed by atoms with Gasteiger partial charge in [-0.1, -0.05) is 11.6 Å². The second-order valence-electron chi connectivity index (χ2n) is 6.81. The van der Waals surface area contributed by atoms with E-state index >= 15 is 0 Å². The zero-order valence-corrected chi connectivity index (χ0v) is 15.9. The summed E-state index contributed by atoms with van der Waals surface area (Å²) < 4.78 is 17.7. The molecule has 0 unspecified atom stereocenters. The maximum Gasteiger partial charge on any atom is 0.234 e. The van der Waals surface area contributed by atoms with Crippen LogP contribution in [0.2, 0.25) is 5.15 Å². The topological polar surface area (TPSA) is 74.8 Å². The van der Waals surface area contributed by atoms with Crippen molar-refractivity contribution in [1.29, 1.82) is 0 Å². The molecule has 4 aromatic heterocycles. The monoisotopic (exact) mass is 400 g/mol. The summed E-state index contributed by atoms with van der Waals surface area (Å²) in [6.45, 7) is 5.51. The number of anilines is 3. The summed E-state index contributed by atoms with van der Waals surface area (Å²) in [5.74, 6) is 0.00135. The van der Waals surface area contributed by atoms with Crippen LogP contribution in [0.5, 0.6) is 0 Å². The summed E-state index contributed by atoms with van der Waals surface area (Å²) in [7, 11) is 0. The van der Waals surface area contributed by atoms with Crippen molar-refractivity contribution in [2.24, 2.45) is 0 Å². The van der Waals surface area contributed by atoms with Gasteiger partial charge in [-0.05, 0) is 13.0 Å². The number of aryl methyl sites for hydroxylation is 1. The maximum atomic E-state index is 14.3. The molecular formula is C18H18ClFN8. The summed E-state index contributed by atoms with van der Waals surface area (Å²) >= 11 is 6.54. The molecule has 2 N–H and O–H groups in total. The number of imidazole rings is 1. The molecule has 28 heavy (non-hydrogen) atoms. The average molecular weight is 401 g/mol. The smallest absolute Gasteiger partial charge is 0.234 e. The second kappa shape index (κ2) is 6.61. The fourth-order valence-electron chi connectivity index (χ4n) is 3.52. The number of hydrogen-bond donors (Lipinski definition) is 2. The molecule has 1 fully saturated rings. The first kappa shape index (κ1) is 17.2. The van der Waals surface area contributed by atoms with Crippen LogP contribution in [0.3, 0.4) is 0 Å². The molecule has 4 aromatic rings. The third-order valence-corrected chi connectivity index (χ3v) is 5.09. The first-order valence-electron chi connectivity index (χ1n) is 9.01. The van der Waals surface area contributed by atoms with Gasteiger partial charge in [-0.2, -0.15) is 0 Å². The van der Waals surface area contributed by atoms with E-state index in [1.54, 1.807) is 21.2 Å². The first-order chi connectivity index (χ1) is 13.6. The summed E-state index contributed by atoms with van der Waals surface area (Å²) in [5.41, 5.74) is 3.20. The van der Waals surface area contributed by atoms with Gasteiger partial charge < -0.3 is 19.9 Å². The Labute approximate surface area is 164 Å². The van der Waals surface area contributed by atoms with Crippen molar-refractivity contribution in [3.63, 3.8) is 0 Å². The Kier molecular flexibility index (Phi) is 4.06. The SMILES string of the molecule is Cc1cn2cc(Nc3nnc4cc(N5CCNCC5)cc(Cl)n34)cc(F)c2n1. The number of nitrogens with one attached hydrogen (secondary N) is 2. The predicted octanol–water partition coefficient (Wildman–Crippen LogP) is 2.63. The van der Waals surface area contributed by atoms with E-state index in [1.807, 2.05) is 19.1 Å². The highest BCUT2D eigenvalue weighted by Gasteiger charge is 2.16. The molecule has 0 bridgehead atoms. The van der Waals surface area contributed by atoms with Crippen molar-refractivity contribution in [1.82, 2.24) is 29.3 Å². The van der Waals surface area contributed by atoms with Gasteiger partial charge in [0.05, 0.1) is 11.4 Å². The molecule has 1 aliphatic rings. The minimum atomic E-state index is -0.418. The van der Waals surface area contributed by atoms with Crippen LogP contribution in [0.25, 0.3) is 11.3 Å². The van der Waals surface area contributed by atoms with Crippen molar-refractivity contribution in [3.8, 4) is 0 Å². The largest absolute Gasteiger partial charge is 0.369 e. The number of rotatable bonds is 3. The lowest BCUT2D eigenvalue weighted by Gasteiger charge is -2.29. The van der Waals surface area contributed by atoms with E-state index in [0.717, 1.165) is 37.6 Å². The number of nitrogens with zero attached hydrogens (tertiary/aromatic N) is 6. The second-order valence-corrected chi connectivity index (χ2v) is 7.19. The normalized spacial score (nSPS) is 14.9. The fraction of sp³-hybridized carbons (Fsp3) is 0.278. The Morgan fingerprint density at radius 2 is 1.96 bits per heavy atom. The van der Waals surface area contributed by atoms with Crippen molar-refractivity contribution in [3.05, 3.63) is 47.3 Å². The Hall–Kier alpha value is -2.91. The lowest BCUT2D eigenvalue weighted by molar-refractivity contribution is 0.589. The molecule has 1 aliphatic heterocycles. The lowest BCUT2D eigenvalue weighted by Crippen LogP contribution is -2.43. The van der Waals surface area contributed by atoms with Gasteiger partial charge in [-0.3, -0.25) is 4.40 Å². The molecule has 5 rings (SSSR count). The number of pyridine rings is 2. The van der Waals surface area contributed by atoms with Gasteiger partial charge in [-0.25, -0.2) is 9.37 Å². The third-order valence-electron chi connectivity index (χ3n) is 4.81. The van der Waals surface area contributed by atoms with Crippen LogP contribution in [0.4, 0.5) is 21.7 Å². The Bertz CT molecular complexity index is 1180. The van der Waals surface area contributed by atoms with E-state index < -0.39 is 5.82 Å². The highest BCUT2D eigenvalue weighted by molar-refractivity contribution is 6.30. The molecule has 0 amide bonds. The van der Waals surface area contributed by atoms with Crippen LogP contribution in [-0.4, -0.2) is 50.2 Å². The maximum absolute atomic E-state index is 14.3. The van der Waals surface area contributed by atoms with E-state index in [9.17, 15) is 4.39 Å². The number of piperazine rings is 1. The van der Waals surface area contributed by atoms with Gasteiger partial charge >= 0.3 is 0 Å². The molecule has 0 saturated carbocycles. The zero-order chi connectivity index (χ0) is 19.3. The molecule has 0 atom stereocenters. The highest BCUT2D eigenvalue weighted by Crippen LogP contribution is 2.27. The first-order valence-corrected chi connectivity index (χ1v) is 9.38. The Balaban J connectivity index is 1.51. The molecule has 0 aromatic carbocycles. The molecule has 8 nitrogen and oxygen atoms in total. The molecule has 10 heteroatoms. The molecule has 1 saturated heterocycles. The number of hydrogen-bond acceptors (Lipinski definition) is 6. The quantitative estimate of drug-likeness (QED) is 0.515. The third kappa shape index (κ3) is 2.92. The van der Waals surface area contributed by atoms with Gasteiger partial charge in [0.15, 0.2) is 17.1 Å². The van der Waals surface area contributed by atoms with Gasteiger partial charge in [0.25, 0.3) is 0 Å². The van der Waals surface area contributed by atoms with Crippen LogP contribution in [0.1, 0.15) is 5.69 Å². The van der Waals surface area contributed by atoms with Gasteiger partial charge in [0.1, 0.15) is 5.15 Å². The van der Waals surface area contributed by atoms with E-state index in [4.69, 9.17) is 11.6 Å². The number of fused-ring (bicyclic) bond motifs is 2. The molecule has 0 spiro atoms. The van der Waals surface area contributed by atoms with Crippen LogP contribution in [0.15, 0.2) is 30.6 Å². The fourth-order valence-corrected chi connectivity index (χ4v) is 3.80. The lowest BCUT2D eigenvalue weighted by atomic mass is 10.3. The predicted molar refractivity (Wildman–Crippen MR) is 106 cm³/mol. The highest BCUT2D eigenvalue weighted by atomic mass is 35.5. The van der Waals surface area contributed by atoms with Crippen LogP contribution < -0.4 is 15.5 Å². The van der Waals surface area contributed by atoms with Crippen LogP contribution in [0, 0.1) is 12.7 Å². The number of halogens is 2. The van der Waals surface area contributed by atoms with E-state index in [0.29, 0.717) is 22.4 Å². The molecule has 0 radical (unpaired) electrons. The number of aromatic nitrogens is 5.